The quantitative estimate of drug-likeness (QED) is 0.743. The van der Waals surface area contributed by atoms with Gasteiger partial charge in [-0.1, -0.05) is 29.8 Å². The maximum Gasteiger partial charge on any atom is 0.177 e. The Morgan fingerprint density at radius 2 is 1.94 bits per heavy atom. The van der Waals surface area contributed by atoms with Crippen molar-refractivity contribution < 1.29 is 4.79 Å². The van der Waals surface area contributed by atoms with Crippen LogP contribution in [-0.4, -0.2) is 5.78 Å². The normalized spacial score (nSPS) is 10.5. The minimum Gasteiger partial charge on any atom is -0.293 e. The third-order valence-electron chi connectivity index (χ3n) is 2.89. The molecule has 0 N–H and O–H groups in total. The van der Waals surface area contributed by atoms with Gasteiger partial charge >= 0.3 is 0 Å². The summed E-state index contributed by atoms with van der Waals surface area (Å²) in [5.41, 5.74) is 3.51. The summed E-state index contributed by atoms with van der Waals surface area (Å²) in [6.07, 6.45) is 0.501. The molecule has 0 radical (unpaired) electrons. The molecule has 0 bridgehead atoms. The second-order valence-corrected chi connectivity index (χ2v) is 5.70. The number of Topliss-reactive ketones (excluding diaryl/α,β-unsaturated/α-hetero) is 1. The molecule has 0 saturated heterocycles. The summed E-state index contributed by atoms with van der Waals surface area (Å²) in [6.45, 7) is 6.16. The number of benzene rings is 1. The van der Waals surface area contributed by atoms with Crippen molar-refractivity contribution in [2.24, 2.45) is 0 Å². The monoisotopic (exact) mass is 244 g/mol. The van der Waals surface area contributed by atoms with Crippen LogP contribution in [0.25, 0.3) is 0 Å². The molecule has 0 unspecified atom stereocenters. The highest BCUT2D eigenvalue weighted by atomic mass is 32.1. The van der Waals surface area contributed by atoms with Gasteiger partial charge in [-0.2, -0.15) is 0 Å². The lowest BCUT2D eigenvalue weighted by atomic mass is 10.1. The Morgan fingerprint density at radius 1 is 1.18 bits per heavy atom. The van der Waals surface area contributed by atoms with E-state index >= 15 is 0 Å². The van der Waals surface area contributed by atoms with Gasteiger partial charge in [-0.3, -0.25) is 4.79 Å². The van der Waals surface area contributed by atoms with E-state index in [4.69, 9.17) is 0 Å². The molecule has 0 aliphatic rings. The molecule has 2 rings (SSSR count). The van der Waals surface area contributed by atoms with Crippen LogP contribution in [0, 0.1) is 20.8 Å². The van der Waals surface area contributed by atoms with Crippen LogP contribution < -0.4 is 0 Å². The summed E-state index contributed by atoms with van der Waals surface area (Å²) < 4.78 is 0. The van der Waals surface area contributed by atoms with Crippen LogP contribution in [0.15, 0.2) is 30.3 Å². The number of carbonyl (C=O) groups excluding carboxylic acids is 1. The largest absolute Gasteiger partial charge is 0.293 e. The second kappa shape index (κ2) is 4.84. The molecule has 0 amide bonds. The van der Waals surface area contributed by atoms with Crippen LogP contribution in [0.2, 0.25) is 0 Å². The first-order valence-electron chi connectivity index (χ1n) is 5.72. The minimum atomic E-state index is 0.219. The van der Waals surface area contributed by atoms with Crippen molar-refractivity contribution in [3.63, 3.8) is 0 Å². The number of carbonyl (C=O) groups is 1. The molecule has 1 aromatic heterocycles. The molecular weight excluding hydrogens is 228 g/mol. The average Bonchev–Trinajstić information content (AvgIpc) is 2.59. The molecule has 17 heavy (non-hydrogen) atoms. The van der Waals surface area contributed by atoms with Crippen molar-refractivity contribution >= 4 is 17.1 Å². The van der Waals surface area contributed by atoms with Crippen molar-refractivity contribution in [3.8, 4) is 0 Å². The van der Waals surface area contributed by atoms with E-state index in [1.807, 2.05) is 31.2 Å². The number of thiophene rings is 1. The summed E-state index contributed by atoms with van der Waals surface area (Å²) in [4.78, 5) is 14.2. The number of ketones is 1. The summed E-state index contributed by atoms with van der Waals surface area (Å²) >= 11 is 1.60. The van der Waals surface area contributed by atoms with Crippen molar-refractivity contribution in [3.05, 3.63) is 56.8 Å². The molecule has 2 heteroatoms. The first-order valence-corrected chi connectivity index (χ1v) is 6.53. The van der Waals surface area contributed by atoms with Crippen LogP contribution in [-0.2, 0) is 6.42 Å². The average molecular weight is 244 g/mol. The Labute approximate surface area is 106 Å². The van der Waals surface area contributed by atoms with Gasteiger partial charge in [0.2, 0.25) is 0 Å². The Hall–Kier alpha value is -1.41. The molecule has 0 aliphatic heterocycles. The van der Waals surface area contributed by atoms with Crippen molar-refractivity contribution in [1.82, 2.24) is 0 Å². The smallest absolute Gasteiger partial charge is 0.177 e. The topological polar surface area (TPSA) is 17.1 Å². The van der Waals surface area contributed by atoms with E-state index in [0.29, 0.717) is 6.42 Å². The molecule has 1 heterocycles. The Balaban J connectivity index is 2.17. The zero-order valence-corrected chi connectivity index (χ0v) is 11.2. The summed E-state index contributed by atoms with van der Waals surface area (Å²) in [6, 6.07) is 10.1. The van der Waals surface area contributed by atoms with E-state index in [2.05, 4.69) is 19.9 Å². The zero-order valence-electron chi connectivity index (χ0n) is 10.4. The van der Waals surface area contributed by atoms with Gasteiger partial charge in [-0.15, -0.1) is 11.3 Å². The fraction of sp³-hybridized carbons (Fsp3) is 0.267. The van der Waals surface area contributed by atoms with E-state index < -0.39 is 0 Å². The highest BCUT2D eigenvalue weighted by Gasteiger charge is 2.11. The summed E-state index contributed by atoms with van der Waals surface area (Å²) in [7, 11) is 0. The van der Waals surface area contributed by atoms with Crippen LogP contribution >= 0.6 is 11.3 Å². The van der Waals surface area contributed by atoms with E-state index in [1.54, 1.807) is 11.3 Å². The van der Waals surface area contributed by atoms with Crippen LogP contribution in [0.3, 0.4) is 0 Å². The van der Waals surface area contributed by atoms with Gasteiger partial charge in [0, 0.05) is 11.3 Å². The summed E-state index contributed by atoms with van der Waals surface area (Å²) in [5.74, 6) is 0.219. The van der Waals surface area contributed by atoms with E-state index in [0.717, 1.165) is 10.4 Å². The molecular formula is C15H16OS. The lowest BCUT2D eigenvalue weighted by Gasteiger charge is -2.00. The third kappa shape index (κ3) is 2.83. The highest BCUT2D eigenvalue weighted by molar-refractivity contribution is 7.14. The van der Waals surface area contributed by atoms with E-state index in [-0.39, 0.29) is 5.78 Å². The van der Waals surface area contributed by atoms with Crippen LogP contribution in [0.5, 0.6) is 0 Å². The number of rotatable bonds is 3. The lowest BCUT2D eigenvalue weighted by Crippen LogP contribution is -2.01. The Morgan fingerprint density at radius 3 is 2.53 bits per heavy atom. The number of hydrogen-bond donors (Lipinski definition) is 0. The second-order valence-electron chi connectivity index (χ2n) is 4.44. The van der Waals surface area contributed by atoms with Crippen molar-refractivity contribution in [2.45, 2.75) is 27.2 Å². The Bertz CT molecular complexity index is 532. The predicted octanol–water partition coefficient (Wildman–Crippen LogP) is 4.10. The van der Waals surface area contributed by atoms with Gasteiger partial charge in [0.15, 0.2) is 5.78 Å². The predicted molar refractivity (Wildman–Crippen MR) is 73.0 cm³/mol. The fourth-order valence-electron chi connectivity index (χ4n) is 1.81. The molecule has 0 fully saturated rings. The lowest BCUT2D eigenvalue weighted by molar-refractivity contribution is 0.0997. The van der Waals surface area contributed by atoms with E-state index in [1.165, 1.54) is 16.0 Å². The molecule has 1 nitrogen and oxygen atoms in total. The first kappa shape index (κ1) is 12.1. The van der Waals surface area contributed by atoms with Gasteiger partial charge in [-0.25, -0.2) is 0 Å². The van der Waals surface area contributed by atoms with Gasteiger partial charge in [0.25, 0.3) is 0 Å². The Kier molecular flexibility index (Phi) is 3.43. The molecule has 0 spiro atoms. The molecule has 1 aromatic carbocycles. The SMILES string of the molecule is Cc1cccc(CC(=O)c2cc(C)c(C)s2)c1. The molecule has 88 valence electrons. The third-order valence-corrected chi connectivity index (χ3v) is 4.08. The fourth-order valence-corrected chi connectivity index (χ4v) is 2.78. The highest BCUT2D eigenvalue weighted by Crippen LogP contribution is 2.22. The van der Waals surface area contributed by atoms with Crippen molar-refractivity contribution in [1.29, 1.82) is 0 Å². The van der Waals surface area contributed by atoms with E-state index in [9.17, 15) is 4.79 Å². The maximum atomic E-state index is 12.1. The van der Waals surface area contributed by atoms with Gasteiger partial charge in [0.05, 0.1) is 4.88 Å². The molecule has 2 aromatic rings. The standard InChI is InChI=1S/C15H16OS/c1-10-5-4-6-13(7-10)9-14(16)15-8-11(2)12(3)17-15/h4-8H,9H2,1-3H3. The van der Waals surface area contributed by atoms with Gasteiger partial charge in [-0.05, 0) is 38.0 Å². The van der Waals surface area contributed by atoms with Gasteiger partial charge in [0.1, 0.15) is 0 Å². The van der Waals surface area contributed by atoms with Gasteiger partial charge < -0.3 is 0 Å². The molecule has 0 saturated carbocycles. The maximum absolute atomic E-state index is 12.1. The van der Waals surface area contributed by atoms with Crippen LogP contribution in [0.4, 0.5) is 0 Å². The molecule has 0 aliphatic carbocycles. The first-order chi connectivity index (χ1) is 8.06. The summed E-state index contributed by atoms with van der Waals surface area (Å²) in [5, 5.41) is 0. The number of aryl methyl sites for hydroxylation is 3. The minimum absolute atomic E-state index is 0.219. The zero-order chi connectivity index (χ0) is 12.4. The van der Waals surface area contributed by atoms with Crippen molar-refractivity contribution in [2.75, 3.05) is 0 Å². The van der Waals surface area contributed by atoms with Crippen LogP contribution in [0.1, 0.15) is 31.2 Å². The molecule has 0 atom stereocenters. The number of hydrogen-bond acceptors (Lipinski definition) is 2.